The highest BCUT2D eigenvalue weighted by molar-refractivity contribution is 6.35. The van der Waals surface area contributed by atoms with Gasteiger partial charge in [0.2, 0.25) is 5.69 Å². The van der Waals surface area contributed by atoms with Gasteiger partial charge < -0.3 is 4.90 Å². The standard InChI is InChI=1S/C25H29Cl2N5O3/c26-20-2-1-19(21(27)10-20)14-29-3-5-30(6-4-29)24(33)23-22(32(34)35)15-31(28-23)25-11-16-7-17(12-25)9-18(8-16)13-25/h1-2,10,15-18H,3-9,11-14H2. The van der Waals surface area contributed by atoms with Crippen molar-refractivity contribution < 1.29 is 9.72 Å². The quantitative estimate of drug-likeness (QED) is 0.412. The average molecular weight is 518 g/mol. The molecule has 0 unspecified atom stereocenters. The molecular weight excluding hydrogens is 489 g/mol. The average Bonchev–Trinajstić information content (AvgIpc) is 3.27. The topological polar surface area (TPSA) is 84.5 Å². The van der Waals surface area contributed by atoms with E-state index in [9.17, 15) is 14.9 Å². The minimum atomic E-state index is -0.448. The molecule has 1 amide bonds. The molecule has 1 aromatic heterocycles. The smallest absolute Gasteiger partial charge is 0.320 e. The summed E-state index contributed by atoms with van der Waals surface area (Å²) in [5, 5.41) is 17.8. The van der Waals surface area contributed by atoms with Gasteiger partial charge >= 0.3 is 5.69 Å². The molecule has 1 aromatic carbocycles. The third kappa shape index (κ3) is 4.23. The van der Waals surface area contributed by atoms with Gasteiger partial charge in [0, 0.05) is 42.8 Å². The number of nitrogens with zero attached hydrogens (tertiary/aromatic N) is 5. The molecule has 1 aliphatic heterocycles. The van der Waals surface area contributed by atoms with E-state index in [-0.39, 0.29) is 22.8 Å². The number of nitro groups is 1. The fourth-order valence-electron chi connectivity index (χ4n) is 7.39. The van der Waals surface area contributed by atoms with E-state index in [1.165, 1.54) is 19.3 Å². The van der Waals surface area contributed by atoms with Gasteiger partial charge in [-0.3, -0.25) is 24.5 Å². The molecule has 0 radical (unpaired) electrons. The fourth-order valence-corrected chi connectivity index (χ4v) is 7.86. The number of halogens is 2. The molecule has 35 heavy (non-hydrogen) atoms. The molecule has 8 nitrogen and oxygen atoms in total. The van der Waals surface area contributed by atoms with Crippen LogP contribution in [0.3, 0.4) is 0 Å². The maximum atomic E-state index is 13.4. The second-order valence-electron chi connectivity index (χ2n) is 11.0. The summed E-state index contributed by atoms with van der Waals surface area (Å²) >= 11 is 12.3. The maximum absolute atomic E-state index is 13.4. The maximum Gasteiger partial charge on any atom is 0.320 e. The molecule has 2 aromatic rings. The van der Waals surface area contributed by atoms with Crippen LogP contribution in [0.4, 0.5) is 5.69 Å². The van der Waals surface area contributed by atoms with Gasteiger partial charge in [-0.1, -0.05) is 29.3 Å². The molecule has 7 rings (SSSR count). The summed E-state index contributed by atoms with van der Waals surface area (Å²) in [6.07, 6.45) is 8.45. The molecule has 0 atom stereocenters. The number of rotatable bonds is 5. The minimum absolute atomic E-state index is 0.0139. The molecule has 0 N–H and O–H groups in total. The summed E-state index contributed by atoms with van der Waals surface area (Å²) in [6, 6.07) is 5.47. The number of aromatic nitrogens is 2. The van der Waals surface area contributed by atoms with Crippen LogP contribution < -0.4 is 0 Å². The van der Waals surface area contributed by atoms with E-state index in [1.54, 1.807) is 17.2 Å². The summed E-state index contributed by atoms with van der Waals surface area (Å²) in [6.45, 7) is 2.97. The predicted octanol–water partition coefficient (Wildman–Crippen LogP) is 4.98. The van der Waals surface area contributed by atoms with Crippen molar-refractivity contribution in [3.63, 3.8) is 0 Å². The van der Waals surface area contributed by atoms with E-state index >= 15 is 0 Å². The third-order valence-corrected chi connectivity index (χ3v) is 9.24. The lowest BCUT2D eigenvalue weighted by Crippen LogP contribution is -2.52. The first-order valence-electron chi connectivity index (χ1n) is 12.5. The summed E-state index contributed by atoms with van der Waals surface area (Å²) in [4.78, 5) is 28.8. The first kappa shape index (κ1) is 23.3. The highest BCUT2D eigenvalue weighted by Crippen LogP contribution is 2.58. The molecule has 186 valence electrons. The Labute approximate surface area is 214 Å². The summed E-state index contributed by atoms with van der Waals surface area (Å²) in [7, 11) is 0. The SMILES string of the molecule is O=C(c1nn(C23CC4CC(CC(C4)C2)C3)cc1[N+](=O)[O-])N1CCN(Cc2ccc(Cl)cc2Cl)CC1. The fraction of sp³-hybridized carbons (Fsp3) is 0.600. The molecule has 4 aliphatic carbocycles. The van der Waals surface area contributed by atoms with E-state index in [0.717, 1.165) is 24.8 Å². The summed E-state index contributed by atoms with van der Waals surface area (Å²) in [5.41, 5.74) is 0.649. The monoisotopic (exact) mass is 517 g/mol. The second-order valence-corrected chi connectivity index (χ2v) is 11.9. The third-order valence-electron chi connectivity index (χ3n) is 8.65. The van der Waals surface area contributed by atoms with Crippen LogP contribution in [0.2, 0.25) is 10.0 Å². The van der Waals surface area contributed by atoms with Gasteiger partial charge in [-0.2, -0.15) is 5.10 Å². The van der Waals surface area contributed by atoms with Crippen molar-refractivity contribution in [3.05, 3.63) is 55.8 Å². The number of benzene rings is 1. The van der Waals surface area contributed by atoms with Crippen LogP contribution in [0.5, 0.6) is 0 Å². The lowest BCUT2D eigenvalue weighted by molar-refractivity contribution is -0.385. The van der Waals surface area contributed by atoms with Crippen LogP contribution in [0.25, 0.3) is 0 Å². The van der Waals surface area contributed by atoms with Crippen molar-refractivity contribution in [2.24, 2.45) is 17.8 Å². The Morgan fingerprint density at radius 2 is 1.69 bits per heavy atom. The van der Waals surface area contributed by atoms with Crippen LogP contribution in [0.1, 0.15) is 54.6 Å². The largest absolute Gasteiger partial charge is 0.334 e. The van der Waals surface area contributed by atoms with Crippen molar-refractivity contribution in [2.45, 2.75) is 50.6 Å². The van der Waals surface area contributed by atoms with Crippen LogP contribution in [-0.4, -0.2) is 56.6 Å². The van der Waals surface area contributed by atoms with Crippen molar-refractivity contribution >= 4 is 34.8 Å². The molecular formula is C25H29Cl2N5O3. The van der Waals surface area contributed by atoms with Gasteiger partial charge in [0.15, 0.2) is 0 Å². The Morgan fingerprint density at radius 1 is 1.06 bits per heavy atom. The molecule has 5 fully saturated rings. The first-order chi connectivity index (χ1) is 16.8. The van der Waals surface area contributed by atoms with E-state index < -0.39 is 4.92 Å². The molecule has 5 aliphatic rings. The molecule has 0 spiro atoms. The number of piperazine rings is 1. The van der Waals surface area contributed by atoms with E-state index in [2.05, 4.69) is 10.00 Å². The van der Waals surface area contributed by atoms with Crippen LogP contribution >= 0.6 is 23.2 Å². The van der Waals surface area contributed by atoms with Crippen molar-refractivity contribution in [2.75, 3.05) is 26.2 Å². The normalized spacial score (nSPS) is 30.1. The van der Waals surface area contributed by atoms with Gasteiger partial charge in [0.25, 0.3) is 5.91 Å². The number of hydrogen-bond donors (Lipinski definition) is 0. The van der Waals surface area contributed by atoms with E-state index in [1.807, 2.05) is 16.8 Å². The van der Waals surface area contributed by atoms with Gasteiger partial charge in [-0.25, -0.2) is 0 Å². The molecule has 2 heterocycles. The van der Waals surface area contributed by atoms with Gasteiger partial charge in [0.05, 0.1) is 10.5 Å². The molecule has 1 saturated heterocycles. The van der Waals surface area contributed by atoms with Gasteiger partial charge in [0.1, 0.15) is 6.20 Å². The van der Waals surface area contributed by atoms with Crippen molar-refractivity contribution in [1.29, 1.82) is 0 Å². The predicted molar refractivity (Wildman–Crippen MR) is 133 cm³/mol. The van der Waals surface area contributed by atoms with Crippen molar-refractivity contribution in [3.8, 4) is 0 Å². The molecule has 4 bridgehead atoms. The zero-order valence-electron chi connectivity index (χ0n) is 19.5. The first-order valence-corrected chi connectivity index (χ1v) is 13.3. The lowest BCUT2D eigenvalue weighted by Gasteiger charge is -2.56. The Hall–Kier alpha value is -2.16. The highest BCUT2D eigenvalue weighted by atomic mass is 35.5. The molecule has 10 heteroatoms. The Kier molecular flexibility index (Phi) is 5.81. The number of amides is 1. The van der Waals surface area contributed by atoms with Crippen LogP contribution in [0, 0.1) is 27.9 Å². The zero-order chi connectivity index (χ0) is 24.3. The minimum Gasteiger partial charge on any atom is -0.334 e. The summed E-state index contributed by atoms with van der Waals surface area (Å²) < 4.78 is 1.82. The highest BCUT2D eigenvalue weighted by Gasteiger charge is 2.53. The van der Waals surface area contributed by atoms with E-state index in [0.29, 0.717) is 60.5 Å². The second kappa shape index (κ2) is 8.75. The van der Waals surface area contributed by atoms with Crippen LogP contribution in [-0.2, 0) is 12.1 Å². The Balaban J connectivity index is 1.17. The van der Waals surface area contributed by atoms with Gasteiger partial charge in [-0.15, -0.1) is 0 Å². The van der Waals surface area contributed by atoms with E-state index in [4.69, 9.17) is 23.2 Å². The Bertz CT molecular complexity index is 1140. The number of carbonyl (C=O) groups excluding carboxylic acids is 1. The molecule has 4 saturated carbocycles. The van der Waals surface area contributed by atoms with Crippen molar-refractivity contribution in [1.82, 2.24) is 19.6 Å². The number of carbonyl (C=O) groups is 1. The number of hydrogen-bond acceptors (Lipinski definition) is 5. The van der Waals surface area contributed by atoms with Gasteiger partial charge in [-0.05, 0) is 74.0 Å². The summed E-state index contributed by atoms with van der Waals surface area (Å²) in [5.74, 6) is 1.71. The lowest BCUT2D eigenvalue weighted by atomic mass is 9.53. The zero-order valence-corrected chi connectivity index (χ0v) is 21.0. The van der Waals surface area contributed by atoms with Crippen LogP contribution in [0.15, 0.2) is 24.4 Å². The Morgan fingerprint density at radius 3 is 2.26 bits per heavy atom.